The number of phenolic OH excluding ortho intramolecular Hbond substituents is 1. The predicted molar refractivity (Wildman–Crippen MR) is 214 cm³/mol. The van der Waals surface area contributed by atoms with Crippen LogP contribution in [-0.2, 0) is 9.59 Å². The van der Waals surface area contributed by atoms with Crippen molar-refractivity contribution in [2.75, 3.05) is 19.6 Å². The summed E-state index contributed by atoms with van der Waals surface area (Å²) in [7, 11) is 0. The third-order valence-electron chi connectivity index (χ3n) is 11.3. The summed E-state index contributed by atoms with van der Waals surface area (Å²) in [4.78, 5) is 47.8. The SMILES string of the molecule is Cc1c(O)ccc2c(O[C@@H]3C[C@@H](C(N)=O)N(C(=O)[C@H](CCCCC/C=C4/CC[C@H](/C(O)=[NH+]/SC5(C)CC5)C4)NC(=O)N4CC(C)(O)C4)C3)cc(OC(C)C)nc12. The van der Waals surface area contributed by atoms with Crippen molar-refractivity contribution >= 4 is 46.6 Å². The Morgan fingerprint density at radius 1 is 1.18 bits per heavy atom. The summed E-state index contributed by atoms with van der Waals surface area (Å²) >= 11 is 1.63. The number of nitrogens with two attached hydrogens (primary N) is 1. The fraction of sp³-hybridized carbons (Fsp3) is 0.634. The number of aliphatic hydroxyl groups is 2. The largest absolute Gasteiger partial charge is 0.508 e. The van der Waals surface area contributed by atoms with Gasteiger partial charge in [-0.1, -0.05) is 24.5 Å². The molecule has 0 radical (unpaired) electrons. The van der Waals surface area contributed by atoms with Crippen molar-refractivity contribution in [2.45, 2.75) is 140 Å². The number of unbranched alkanes of at least 4 members (excludes halogenated alkanes) is 3. The molecule has 4 fully saturated rings. The number of phenols is 1. The number of carbonyl (C=O) groups excluding carboxylic acids is 3. The number of nitrogens with one attached hydrogen (secondary N) is 2. The van der Waals surface area contributed by atoms with E-state index in [2.05, 4.69) is 27.7 Å². The summed E-state index contributed by atoms with van der Waals surface area (Å²) in [6.07, 6.45) is 10.4. The van der Waals surface area contributed by atoms with E-state index in [0.29, 0.717) is 46.8 Å². The van der Waals surface area contributed by atoms with E-state index < -0.39 is 41.6 Å². The van der Waals surface area contributed by atoms with Crippen LogP contribution in [0.4, 0.5) is 4.79 Å². The predicted octanol–water partition coefficient (Wildman–Crippen LogP) is 3.93. The standard InChI is InChI=1S/C41H58N6O8S/c1-24(2)54-34-20-33(29-14-15-32(48)25(3)35(29)44-34)55-28-19-31(36(42)49)47(21-28)38(51)30(43-39(52)46-22-40(4,53)23-46)11-9-7-6-8-10-26-12-13-27(18-26)37(50)45-56-41(5)16-17-41/h10,14-15,20,24,27-28,30-31,48,53H,6-9,11-13,16-19,21-23H2,1-5H3,(H2,42,49)(H,43,52)(H,45,50)/p+1/b26-10-/t27-,28+,30-,31-/m0/s1. The maximum atomic E-state index is 14.3. The molecule has 6 rings (SSSR count). The lowest BCUT2D eigenvalue weighted by Crippen LogP contribution is -2.67. The van der Waals surface area contributed by atoms with E-state index in [1.165, 1.54) is 28.2 Å². The number of β-amino-alcohol motifs (C(OH)–C–C–N with tert-alkyl or cyclic N) is 1. The Balaban J connectivity index is 1.09. The summed E-state index contributed by atoms with van der Waals surface area (Å²) < 4.78 is 15.8. The van der Waals surface area contributed by atoms with Crippen molar-refractivity contribution in [1.29, 1.82) is 0 Å². The summed E-state index contributed by atoms with van der Waals surface area (Å²) in [5.41, 5.74) is 7.32. The molecule has 2 aliphatic heterocycles. The summed E-state index contributed by atoms with van der Waals surface area (Å²) in [5.74, 6) is 0.267. The van der Waals surface area contributed by atoms with Gasteiger partial charge in [-0.05, 0) is 98.1 Å². The monoisotopic (exact) mass is 795 g/mol. The average Bonchev–Trinajstić information content (AvgIpc) is 3.47. The Hall–Kier alpha value is -4.24. The molecule has 1 aromatic carbocycles. The number of aryl methyl sites for hydroxylation is 1. The highest BCUT2D eigenvalue weighted by Gasteiger charge is 2.45. The number of amides is 4. The lowest BCUT2D eigenvalue weighted by molar-refractivity contribution is -0.266. The first-order valence-electron chi connectivity index (χ1n) is 20.0. The molecular formula is C41H59N6O8S+. The second-order valence-electron chi connectivity index (χ2n) is 16.9. The summed E-state index contributed by atoms with van der Waals surface area (Å²) in [5, 5.41) is 34.7. The second kappa shape index (κ2) is 17.1. The van der Waals surface area contributed by atoms with Gasteiger partial charge in [-0.3, -0.25) is 9.59 Å². The number of carbonyl (C=O) groups is 3. The van der Waals surface area contributed by atoms with Crippen molar-refractivity contribution in [3.63, 3.8) is 0 Å². The second-order valence-corrected chi connectivity index (χ2v) is 18.3. The molecule has 2 saturated heterocycles. The van der Waals surface area contributed by atoms with Crippen LogP contribution in [-0.4, -0.2) is 108 Å². The van der Waals surface area contributed by atoms with E-state index in [0.717, 1.165) is 38.5 Å². The van der Waals surface area contributed by atoms with Gasteiger partial charge in [0.05, 0.1) is 47.5 Å². The number of allylic oxidation sites excluding steroid dienone is 2. The number of hydrogen-bond donors (Lipinski definition) is 6. The third-order valence-corrected chi connectivity index (χ3v) is 12.5. The van der Waals surface area contributed by atoms with Crippen LogP contribution in [0.3, 0.4) is 0 Å². The molecule has 2 aromatic rings. The molecule has 3 heterocycles. The van der Waals surface area contributed by atoms with Crippen molar-refractivity contribution in [3.05, 3.63) is 35.4 Å². The van der Waals surface area contributed by atoms with Crippen LogP contribution < -0.4 is 24.9 Å². The van der Waals surface area contributed by atoms with Crippen LogP contribution in [0.2, 0.25) is 0 Å². The molecule has 2 aliphatic carbocycles. The zero-order valence-corrected chi connectivity index (χ0v) is 34.1. The molecule has 306 valence electrons. The Bertz CT molecular complexity index is 1850. The van der Waals surface area contributed by atoms with Crippen LogP contribution in [0, 0.1) is 12.8 Å². The number of aliphatic hydroxyl groups excluding tert-OH is 1. The molecule has 4 atom stereocenters. The molecule has 15 heteroatoms. The van der Waals surface area contributed by atoms with Crippen LogP contribution in [0.15, 0.2) is 29.8 Å². The fourth-order valence-electron chi connectivity index (χ4n) is 7.77. The lowest BCUT2D eigenvalue weighted by Gasteiger charge is -2.44. The van der Waals surface area contributed by atoms with Gasteiger partial charge in [-0.25, -0.2) is 9.78 Å². The highest BCUT2D eigenvalue weighted by atomic mass is 32.2. The average molecular weight is 796 g/mol. The molecule has 14 nitrogen and oxygen atoms in total. The van der Waals surface area contributed by atoms with E-state index in [9.17, 15) is 29.7 Å². The van der Waals surface area contributed by atoms with E-state index in [4.69, 9.17) is 15.2 Å². The number of hydrogen-bond acceptors (Lipinski definition) is 9. The third kappa shape index (κ3) is 10.2. The van der Waals surface area contributed by atoms with Crippen molar-refractivity contribution < 1.29 is 43.6 Å². The van der Waals surface area contributed by atoms with Gasteiger partial charge in [0.2, 0.25) is 17.7 Å². The Labute approximate surface area is 333 Å². The van der Waals surface area contributed by atoms with E-state index in [1.807, 2.05) is 13.8 Å². The number of likely N-dealkylation sites (tertiary alicyclic amines) is 2. The number of aromatic nitrogens is 1. The minimum atomic E-state index is -0.975. The molecule has 0 bridgehead atoms. The lowest BCUT2D eigenvalue weighted by atomic mass is 9.97. The molecule has 7 N–H and O–H groups in total. The summed E-state index contributed by atoms with van der Waals surface area (Å²) in [6.45, 7) is 9.74. The Morgan fingerprint density at radius 3 is 2.61 bits per heavy atom. The van der Waals surface area contributed by atoms with Crippen molar-refractivity contribution in [2.24, 2.45) is 11.7 Å². The van der Waals surface area contributed by atoms with Crippen molar-refractivity contribution in [1.82, 2.24) is 20.1 Å². The smallest absolute Gasteiger partial charge is 0.349 e. The molecule has 2 saturated carbocycles. The topological polar surface area (TPSA) is 202 Å². The number of ether oxygens (including phenoxy) is 2. The van der Waals surface area contributed by atoms with Crippen LogP contribution >= 0.6 is 11.9 Å². The van der Waals surface area contributed by atoms with Gasteiger partial charge in [0.15, 0.2) is 11.9 Å². The van der Waals surface area contributed by atoms with Gasteiger partial charge in [-0.2, -0.15) is 0 Å². The minimum absolute atomic E-state index is 0.0631. The number of urea groups is 1. The first kappa shape index (κ1) is 41.4. The molecule has 0 unspecified atom stereocenters. The van der Waals surface area contributed by atoms with Gasteiger partial charge in [0.1, 0.15) is 29.7 Å². The number of benzene rings is 1. The molecule has 4 aliphatic rings. The van der Waals surface area contributed by atoms with Crippen LogP contribution in [0.25, 0.3) is 10.9 Å². The van der Waals surface area contributed by atoms with Gasteiger partial charge in [-0.15, -0.1) is 4.40 Å². The van der Waals surface area contributed by atoms with Crippen molar-refractivity contribution in [3.8, 4) is 17.4 Å². The van der Waals surface area contributed by atoms with E-state index in [1.54, 1.807) is 44.0 Å². The quantitative estimate of drug-likeness (QED) is 0.0476. The Kier molecular flexibility index (Phi) is 12.6. The van der Waals surface area contributed by atoms with Gasteiger partial charge >= 0.3 is 11.9 Å². The van der Waals surface area contributed by atoms with Gasteiger partial charge in [0.25, 0.3) is 0 Å². The first-order chi connectivity index (χ1) is 26.5. The molecule has 1 aromatic heterocycles. The Morgan fingerprint density at radius 2 is 1.93 bits per heavy atom. The summed E-state index contributed by atoms with van der Waals surface area (Å²) in [6, 6.07) is 2.63. The number of fused-ring (bicyclic) bond motifs is 1. The van der Waals surface area contributed by atoms with E-state index in [-0.39, 0.29) is 48.6 Å². The van der Waals surface area contributed by atoms with Gasteiger partial charge in [0, 0.05) is 23.4 Å². The molecule has 56 heavy (non-hydrogen) atoms. The normalized spacial score (nSPS) is 24.0. The van der Waals surface area contributed by atoms with Crippen LogP contribution in [0.5, 0.6) is 17.4 Å². The maximum Gasteiger partial charge on any atom is 0.349 e. The maximum absolute atomic E-state index is 14.3. The number of pyridine rings is 1. The fourth-order valence-corrected chi connectivity index (χ4v) is 8.59. The van der Waals surface area contributed by atoms with E-state index >= 15 is 0 Å². The molecular weight excluding hydrogens is 737 g/mol. The zero-order chi connectivity index (χ0) is 40.4. The number of rotatable bonds is 16. The highest BCUT2D eigenvalue weighted by molar-refractivity contribution is 7.94. The van der Waals surface area contributed by atoms with Crippen LogP contribution in [0.1, 0.15) is 104 Å². The number of aromatic hydroxyl groups is 1. The molecule has 4 amide bonds. The molecule has 0 spiro atoms. The first-order valence-corrected chi connectivity index (χ1v) is 20.8. The minimum Gasteiger partial charge on any atom is -0.508 e. The zero-order valence-electron chi connectivity index (χ0n) is 33.3. The number of primary amides is 1. The highest BCUT2D eigenvalue weighted by Crippen LogP contribution is 2.44. The number of nitrogens with zero attached hydrogens (tertiary/aromatic N) is 3. The van der Waals surface area contributed by atoms with Gasteiger partial charge < -0.3 is 45.6 Å².